The van der Waals surface area contributed by atoms with Crippen LogP contribution in [-0.4, -0.2) is 14.6 Å². The van der Waals surface area contributed by atoms with Gasteiger partial charge in [-0.3, -0.25) is 0 Å². The van der Waals surface area contributed by atoms with Crippen LogP contribution in [0.5, 0.6) is 0 Å². The SMILES string of the molecule is CCc1nn2cc(C)nc2cc1C. The minimum absolute atomic E-state index is 0.937. The van der Waals surface area contributed by atoms with Gasteiger partial charge in [0.05, 0.1) is 17.6 Å². The van der Waals surface area contributed by atoms with Crippen LogP contribution in [0.3, 0.4) is 0 Å². The Balaban J connectivity index is 2.72. The first-order valence-corrected chi connectivity index (χ1v) is 4.53. The van der Waals surface area contributed by atoms with E-state index in [1.165, 1.54) is 5.56 Å². The van der Waals surface area contributed by atoms with Gasteiger partial charge in [-0.2, -0.15) is 5.10 Å². The van der Waals surface area contributed by atoms with Crippen molar-refractivity contribution in [1.29, 1.82) is 0 Å². The van der Waals surface area contributed by atoms with Crippen LogP contribution in [-0.2, 0) is 6.42 Å². The molecule has 68 valence electrons. The Labute approximate surface area is 77.4 Å². The van der Waals surface area contributed by atoms with E-state index in [2.05, 4.69) is 30.0 Å². The summed E-state index contributed by atoms with van der Waals surface area (Å²) < 4.78 is 1.85. The molecule has 3 nitrogen and oxygen atoms in total. The molecule has 0 bridgehead atoms. The highest BCUT2D eigenvalue weighted by Crippen LogP contribution is 2.09. The van der Waals surface area contributed by atoms with Gasteiger partial charge in [-0.05, 0) is 31.9 Å². The average molecular weight is 175 g/mol. The second-order valence-electron chi connectivity index (χ2n) is 3.31. The van der Waals surface area contributed by atoms with Gasteiger partial charge in [0.1, 0.15) is 0 Å². The van der Waals surface area contributed by atoms with Crippen LogP contribution in [0.4, 0.5) is 0 Å². The van der Waals surface area contributed by atoms with Gasteiger partial charge in [-0.1, -0.05) is 6.92 Å². The van der Waals surface area contributed by atoms with Crippen LogP contribution >= 0.6 is 0 Å². The van der Waals surface area contributed by atoms with Gasteiger partial charge in [0, 0.05) is 0 Å². The molecule has 2 aromatic rings. The Morgan fingerprint density at radius 1 is 1.38 bits per heavy atom. The van der Waals surface area contributed by atoms with Crippen molar-refractivity contribution < 1.29 is 0 Å². The van der Waals surface area contributed by atoms with Crippen molar-refractivity contribution in [3.63, 3.8) is 0 Å². The number of hydrogen-bond acceptors (Lipinski definition) is 2. The number of nitrogens with zero attached hydrogens (tertiary/aromatic N) is 3. The van der Waals surface area contributed by atoms with Crippen LogP contribution in [0, 0.1) is 13.8 Å². The summed E-state index contributed by atoms with van der Waals surface area (Å²) in [5.41, 5.74) is 4.32. The summed E-state index contributed by atoms with van der Waals surface area (Å²) in [6, 6.07) is 2.08. The van der Waals surface area contributed by atoms with Gasteiger partial charge in [-0.25, -0.2) is 9.50 Å². The van der Waals surface area contributed by atoms with Crippen LogP contribution in [0.2, 0.25) is 0 Å². The highest BCUT2D eigenvalue weighted by Gasteiger charge is 2.02. The fourth-order valence-electron chi connectivity index (χ4n) is 1.52. The minimum atomic E-state index is 0.937. The Bertz CT molecular complexity index is 443. The van der Waals surface area contributed by atoms with Crippen molar-refractivity contribution in [3.8, 4) is 0 Å². The molecule has 2 rings (SSSR count). The highest BCUT2D eigenvalue weighted by molar-refractivity contribution is 5.42. The fourth-order valence-corrected chi connectivity index (χ4v) is 1.52. The molecular formula is C10H13N3. The summed E-state index contributed by atoms with van der Waals surface area (Å²) in [5.74, 6) is 0. The monoisotopic (exact) mass is 175 g/mol. The topological polar surface area (TPSA) is 30.2 Å². The maximum absolute atomic E-state index is 4.47. The maximum atomic E-state index is 4.47. The molecule has 0 fully saturated rings. The lowest BCUT2D eigenvalue weighted by Gasteiger charge is -2.01. The third-order valence-electron chi connectivity index (χ3n) is 2.20. The van der Waals surface area contributed by atoms with E-state index < -0.39 is 0 Å². The van der Waals surface area contributed by atoms with Crippen LogP contribution in [0.25, 0.3) is 5.65 Å². The molecule has 2 aromatic heterocycles. The smallest absolute Gasteiger partial charge is 0.154 e. The van der Waals surface area contributed by atoms with E-state index >= 15 is 0 Å². The Kier molecular flexibility index (Phi) is 1.79. The molecule has 0 radical (unpaired) electrons. The van der Waals surface area contributed by atoms with Gasteiger partial charge >= 0.3 is 0 Å². The van der Waals surface area contributed by atoms with Crippen molar-refractivity contribution in [2.45, 2.75) is 27.2 Å². The first-order valence-electron chi connectivity index (χ1n) is 4.53. The standard InChI is InChI=1S/C10H13N3/c1-4-9-7(2)5-10-11-8(3)6-13(10)12-9/h5-6H,4H2,1-3H3. The molecule has 0 N–H and O–H groups in total. The summed E-state index contributed by atoms with van der Waals surface area (Å²) in [6.07, 6.45) is 2.92. The molecular weight excluding hydrogens is 162 g/mol. The number of hydrogen-bond donors (Lipinski definition) is 0. The van der Waals surface area contributed by atoms with E-state index in [0.29, 0.717) is 0 Å². The van der Waals surface area contributed by atoms with Crippen molar-refractivity contribution >= 4 is 5.65 Å². The lowest BCUT2D eigenvalue weighted by Crippen LogP contribution is -1.98. The van der Waals surface area contributed by atoms with E-state index in [1.54, 1.807) is 0 Å². The molecule has 0 unspecified atom stereocenters. The Morgan fingerprint density at radius 2 is 2.15 bits per heavy atom. The van der Waals surface area contributed by atoms with Crippen molar-refractivity contribution in [2.24, 2.45) is 0 Å². The summed E-state index contributed by atoms with van der Waals surface area (Å²) >= 11 is 0. The Hall–Kier alpha value is -1.38. The van der Waals surface area contributed by atoms with Gasteiger partial charge < -0.3 is 0 Å². The zero-order valence-corrected chi connectivity index (χ0v) is 8.20. The number of aromatic nitrogens is 3. The van der Waals surface area contributed by atoms with E-state index in [0.717, 1.165) is 23.5 Å². The second kappa shape index (κ2) is 2.83. The van der Waals surface area contributed by atoms with E-state index in [-0.39, 0.29) is 0 Å². The molecule has 0 amide bonds. The second-order valence-corrected chi connectivity index (χ2v) is 3.31. The summed E-state index contributed by atoms with van der Waals surface area (Å²) in [4.78, 5) is 4.35. The molecule has 0 saturated heterocycles. The lowest BCUT2D eigenvalue weighted by atomic mass is 10.2. The van der Waals surface area contributed by atoms with E-state index in [9.17, 15) is 0 Å². The quantitative estimate of drug-likeness (QED) is 0.662. The van der Waals surface area contributed by atoms with Crippen molar-refractivity contribution in [3.05, 3.63) is 29.2 Å². The molecule has 3 heteroatoms. The summed E-state index contributed by atoms with van der Waals surface area (Å²) in [7, 11) is 0. The zero-order valence-electron chi connectivity index (χ0n) is 8.20. The Morgan fingerprint density at radius 3 is 2.85 bits per heavy atom. The maximum Gasteiger partial charge on any atom is 0.154 e. The lowest BCUT2D eigenvalue weighted by molar-refractivity contribution is 0.849. The van der Waals surface area contributed by atoms with E-state index in [1.807, 2.05) is 17.6 Å². The first-order chi connectivity index (χ1) is 6.20. The van der Waals surface area contributed by atoms with Crippen molar-refractivity contribution in [1.82, 2.24) is 14.6 Å². The molecule has 0 aliphatic heterocycles. The van der Waals surface area contributed by atoms with Crippen LogP contribution in [0.1, 0.15) is 23.9 Å². The molecule has 0 aromatic carbocycles. The number of imidazole rings is 1. The summed E-state index contributed by atoms with van der Waals surface area (Å²) in [5, 5.41) is 4.47. The molecule has 0 aliphatic carbocycles. The van der Waals surface area contributed by atoms with Gasteiger partial charge in [0.15, 0.2) is 5.65 Å². The predicted molar refractivity (Wildman–Crippen MR) is 51.8 cm³/mol. The third kappa shape index (κ3) is 1.30. The highest BCUT2D eigenvalue weighted by atomic mass is 15.2. The molecule has 0 spiro atoms. The molecule has 0 aliphatic rings. The first kappa shape index (κ1) is 8.23. The van der Waals surface area contributed by atoms with Crippen molar-refractivity contribution in [2.75, 3.05) is 0 Å². The number of aryl methyl sites for hydroxylation is 3. The van der Waals surface area contributed by atoms with E-state index in [4.69, 9.17) is 0 Å². The molecule has 2 heterocycles. The molecule has 0 atom stereocenters. The van der Waals surface area contributed by atoms with Gasteiger partial charge in [0.2, 0.25) is 0 Å². The average Bonchev–Trinajstić information content (AvgIpc) is 2.42. The number of rotatable bonds is 1. The fraction of sp³-hybridized carbons (Fsp3) is 0.400. The summed E-state index contributed by atoms with van der Waals surface area (Å²) in [6.45, 7) is 6.18. The molecule has 13 heavy (non-hydrogen) atoms. The van der Waals surface area contributed by atoms with Gasteiger partial charge in [0.25, 0.3) is 0 Å². The number of fused-ring (bicyclic) bond motifs is 1. The van der Waals surface area contributed by atoms with Crippen LogP contribution in [0.15, 0.2) is 12.3 Å². The van der Waals surface area contributed by atoms with Crippen LogP contribution < -0.4 is 0 Å². The predicted octanol–water partition coefficient (Wildman–Crippen LogP) is 1.91. The zero-order chi connectivity index (χ0) is 9.42. The van der Waals surface area contributed by atoms with Gasteiger partial charge in [-0.15, -0.1) is 0 Å². The normalized spacial score (nSPS) is 11.0. The molecule has 0 saturated carbocycles. The third-order valence-corrected chi connectivity index (χ3v) is 2.20. The largest absolute Gasteiger partial charge is 0.232 e. The minimum Gasteiger partial charge on any atom is -0.232 e.